The Morgan fingerprint density at radius 2 is 2.29 bits per heavy atom. The van der Waals surface area contributed by atoms with Gasteiger partial charge >= 0.3 is 0 Å². The van der Waals surface area contributed by atoms with Crippen molar-refractivity contribution in [1.29, 1.82) is 0 Å². The summed E-state index contributed by atoms with van der Waals surface area (Å²) < 4.78 is 5.33. The number of thiazole rings is 1. The van der Waals surface area contributed by atoms with Gasteiger partial charge in [-0.1, -0.05) is 39.4 Å². The highest BCUT2D eigenvalue weighted by molar-refractivity contribution is 9.09. The van der Waals surface area contributed by atoms with Gasteiger partial charge in [0.2, 0.25) is 5.52 Å². The van der Waals surface area contributed by atoms with Gasteiger partial charge in [0.25, 0.3) is 4.34 Å². The number of fused-ring (bicyclic) bond motifs is 3. The summed E-state index contributed by atoms with van der Waals surface area (Å²) in [5.74, 6) is 1.21. The average molecular weight is 287 g/mol. The molecule has 0 radical (unpaired) electrons. The fourth-order valence-electron chi connectivity index (χ4n) is 1.78. The number of halogens is 1. The molecule has 0 saturated carbocycles. The highest BCUT2D eigenvalue weighted by Gasteiger charge is 2.35. The van der Waals surface area contributed by atoms with Gasteiger partial charge in [-0.15, -0.1) is 0 Å². The van der Waals surface area contributed by atoms with Crippen molar-refractivity contribution in [2.24, 2.45) is 0 Å². The van der Waals surface area contributed by atoms with Crippen LogP contribution >= 0.6 is 39.0 Å². The van der Waals surface area contributed by atoms with Crippen molar-refractivity contribution in [3.8, 4) is 0 Å². The summed E-state index contributed by atoms with van der Waals surface area (Å²) in [7, 11) is 0. The molecule has 0 aliphatic carbocycles. The lowest BCUT2D eigenvalue weighted by Gasteiger charge is -1.98. The molecule has 2 heterocycles. The van der Waals surface area contributed by atoms with Crippen LogP contribution in [0.25, 0.3) is 10.2 Å². The third-order valence-corrected chi connectivity index (χ3v) is 5.74. The molecule has 0 amide bonds. The monoisotopic (exact) mass is 286 g/mol. The largest absolute Gasteiger partial charge is 0.298 e. The summed E-state index contributed by atoms with van der Waals surface area (Å²) in [4.78, 5) is 0. The Morgan fingerprint density at radius 3 is 3.14 bits per heavy atom. The SMILES string of the molecule is BrCC1CSc2sc3ccccc3[n+]21. The summed E-state index contributed by atoms with van der Waals surface area (Å²) in [5.41, 5.74) is 1.39. The fourth-order valence-corrected chi connectivity index (χ4v) is 5.25. The van der Waals surface area contributed by atoms with Gasteiger partial charge in [0.1, 0.15) is 4.70 Å². The van der Waals surface area contributed by atoms with Crippen molar-refractivity contribution in [2.45, 2.75) is 10.4 Å². The molecule has 14 heavy (non-hydrogen) atoms. The number of benzene rings is 1. The molecule has 1 atom stereocenters. The summed E-state index contributed by atoms with van der Waals surface area (Å²) in [6.45, 7) is 0. The van der Waals surface area contributed by atoms with E-state index in [1.807, 2.05) is 23.1 Å². The number of hydrogen-bond acceptors (Lipinski definition) is 2. The van der Waals surface area contributed by atoms with Crippen LogP contribution in [0.15, 0.2) is 28.6 Å². The van der Waals surface area contributed by atoms with Crippen molar-refractivity contribution < 1.29 is 4.57 Å². The molecule has 72 valence electrons. The Morgan fingerprint density at radius 1 is 1.43 bits per heavy atom. The van der Waals surface area contributed by atoms with E-state index in [0.717, 1.165) is 5.33 Å². The topological polar surface area (TPSA) is 3.88 Å². The lowest BCUT2D eigenvalue weighted by Crippen LogP contribution is -2.37. The molecule has 0 N–H and O–H groups in total. The normalized spacial score (nSPS) is 20.2. The molecule has 0 fully saturated rings. The van der Waals surface area contributed by atoms with Crippen LogP contribution in [0.1, 0.15) is 6.04 Å². The van der Waals surface area contributed by atoms with Gasteiger partial charge in [0, 0.05) is 6.07 Å². The minimum Gasteiger partial charge on any atom is -0.172 e. The van der Waals surface area contributed by atoms with Crippen LogP contribution in [0.3, 0.4) is 0 Å². The van der Waals surface area contributed by atoms with Crippen LogP contribution in [0.5, 0.6) is 0 Å². The first kappa shape index (κ1) is 9.19. The molecule has 1 aliphatic rings. The molecule has 0 saturated heterocycles. The van der Waals surface area contributed by atoms with Crippen molar-refractivity contribution in [1.82, 2.24) is 0 Å². The third-order valence-electron chi connectivity index (χ3n) is 2.46. The predicted molar refractivity (Wildman–Crippen MR) is 65.6 cm³/mol. The van der Waals surface area contributed by atoms with Crippen molar-refractivity contribution in [3.05, 3.63) is 24.3 Å². The molecule has 2 aromatic rings. The average Bonchev–Trinajstić information content (AvgIpc) is 2.75. The second kappa shape index (κ2) is 3.51. The Kier molecular flexibility index (Phi) is 2.30. The van der Waals surface area contributed by atoms with E-state index < -0.39 is 0 Å². The van der Waals surface area contributed by atoms with E-state index in [0.29, 0.717) is 6.04 Å². The maximum Gasteiger partial charge on any atom is 0.298 e. The molecule has 1 aliphatic heterocycles. The number of para-hydroxylation sites is 1. The minimum atomic E-state index is 0.631. The first-order valence-corrected chi connectivity index (χ1v) is 7.44. The van der Waals surface area contributed by atoms with Crippen molar-refractivity contribution in [2.75, 3.05) is 11.1 Å². The van der Waals surface area contributed by atoms with Gasteiger partial charge in [-0.2, -0.15) is 4.57 Å². The van der Waals surface area contributed by atoms with Crippen molar-refractivity contribution in [3.63, 3.8) is 0 Å². The van der Waals surface area contributed by atoms with Gasteiger partial charge in [-0.05, 0) is 17.8 Å². The summed E-state index contributed by atoms with van der Waals surface area (Å²) in [5, 5.41) is 1.05. The van der Waals surface area contributed by atoms with Gasteiger partial charge in [-0.25, -0.2) is 0 Å². The van der Waals surface area contributed by atoms with Crippen LogP contribution in [0, 0.1) is 0 Å². The standard InChI is InChI=1S/C10H9BrNS2/c11-5-7-6-13-10-12(7)8-3-1-2-4-9(8)14-10/h1-4,7H,5-6H2/q+1. The Hall–Kier alpha value is -0.0600. The molecule has 0 bridgehead atoms. The molecule has 1 aromatic carbocycles. The zero-order valence-corrected chi connectivity index (χ0v) is 10.7. The van der Waals surface area contributed by atoms with E-state index in [1.54, 1.807) is 0 Å². The molecule has 1 unspecified atom stereocenters. The van der Waals surface area contributed by atoms with Crippen LogP contribution < -0.4 is 4.57 Å². The zero-order chi connectivity index (χ0) is 9.54. The van der Waals surface area contributed by atoms with E-state index in [9.17, 15) is 0 Å². The molecule has 1 nitrogen and oxygen atoms in total. The Bertz CT molecular complexity index is 480. The highest BCUT2D eigenvalue weighted by Crippen LogP contribution is 2.36. The fraction of sp³-hybridized carbons (Fsp3) is 0.300. The molecule has 4 heteroatoms. The first-order valence-electron chi connectivity index (χ1n) is 4.52. The van der Waals surface area contributed by atoms with Gasteiger partial charge in [-0.3, -0.25) is 0 Å². The highest BCUT2D eigenvalue weighted by atomic mass is 79.9. The second-order valence-corrected chi connectivity index (χ2v) is 6.27. The maximum atomic E-state index is 3.59. The minimum absolute atomic E-state index is 0.631. The smallest absolute Gasteiger partial charge is 0.172 e. The number of hydrogen-bond donors (Lipinski definition) is 0. The number of aromatic nitrogens is 1. The lowest BCUT2D eigenvalue weighted by atomic mass is 10.3. The van der Waals surface area contributed by atoms with Gasteiger partial charge < -0.3 is 0 Å². The first-order chi connectivity index (χ1) is 6.90. The third kappa shape index (κ3) is 1.24. The summed E-state index contributed by atoms with van der Waals surface area (Å²) in [6, 6.07) is 9.29. The molecular weight excluding hydrogens is 278 g/mol. The quantitative estimate of drug-likeness (QED) is 0.575. The maximum absolute atomic E-state index is 3.59. The van der Waals surface area contributed by atoms with E-state index in [4.69, 9.17) is 0 Å². The van der Waals surface area contributed by atoms with Crippen molar-refractivity contribution >= 4 is 49.2 Å². The van der Waals surface area contributed by atoms with E-state index in [2.05, 4.69) is 44.8 Å². The number of alkyl halides is 1. The molecule has 0 spiro atoms. The van der Waals surface area contributed by atoms with E-state index in [-0.39, 0.29) is 0 Å². The van der Waals surface area contributed by atoms with E-state index >= 15 is 0 Å². The number of nitrogens with zero attached hydrogens (tertiary/aromatic N) is 1. The molecular formula is C10H9BrNS2+. The number of thioether (sulfide) groups is 1. The van der Waals surface area contributed by atoms with Crippen LogP contribution in [0.2, 0.25) is 0 Å². The zero-order valence-electron chi connectivity index (χ0n) is 7.44. The Labute approximate surface area is 99.3 Å². The molecule has 3 rings (SSSR count). The lowest BCUT2D eigenvalue weighted by molar-refractivity contribution is -0.713. The second-order valence-electron chi connectivity index (χ2n) is 3.32. The van der Waals surface area contributed by atoms with Crippen LogP contribution in [-0.4, -0.2) is 11.1 Å². The summed E-state index contributed by atoms with van der Waals surface area (Å²) >= 11 is 7.48. The van der Waals surface area contributed by atoms with Gasteiger partial charge in [0.15, 0.2) is 6.04 Å². The van der Waals surface area contributed by atoms with Gasteiger partial charge in [0.05, 0.1) is 11.1 Å². The van der Waals surface area contributed by atoms with Crippen LogP contribution in [-0.2, 0) is 0 Å². The van der Waals surface area contributed by atoms with Crippen LogP contribution in [0.4, 0.5) is 0 Å². The molecule has 1 aromatic heterocycles. The summed E-state index contributed by atoms with van der Waals surface area (Å²) in [6.07, 6.45) is 0. The Balaban J connectivity index is 2.29. The predicted octanol–water partition coefficient (Wildman–Crippen LogP) is 3.23. The number of rotatable bonds is 1. The van der Waals surface area contributed by atoms with E-state index in [1.165, 1.54) is 20.3 Å².